The average Bonchev–Trinajstić information content (AvgIpc) is 3.10. The molecule has 0 saturated heterocycles. The molecule has 0 amide bonds. The molecule has 0 atom stereocenters. The second kappa shape index (κ2) is 8.74. The summed E-state index contributed by atoms with van der Waals surface area (Å²) in [5, 5.41) is 0.644. The fraction of sp³-hybridized carbons (Fsp3) is 0.160. The van der Waals surface area contributed by atoms with Gasteiger partial charge in [-0.2, -0.15) is 0 Å². The van der Waals surface area contributed by atoms with Gasteiger partial charge in [0, 0.05) is 21.7 Å². The third kappa shape index (κ3) is 4.09. The third-order valence-corrected chi connectivity index (χ3v) is 5.47. The topological polar surface area (TPSA) is 54.0 Å². The molecule has 0 aromatic heterocycles. The van der Waals surface area contributed by atoms with Gasteiger partial charge in [-0.1, -0.05) is 29.8 Å². The molecule has 1 aliphatic heterocycles. The number of methoxy groups -OCH3 is 2. The van der Waals surface area contributed by atoms with Gasteiger partial charge < -0.3 is 18.9 Å². The van der Waals surface area contributed by atoms with Crippen molar-refractivity contribution >= 4 is 23.5 Å². The van der Waals surface area contributed by atoms with Gasteiger partial charge >= 0.3 is 0 Å². The number of halogens is 1. The van der Waals surface area contributed by atoms with Gasteiger partial charge in [-0.25, -0.2) is 0 Å². The number of hydrogen-bond acceptors (Lipinski definition) is 5. The van der Waals surface area contributed by atoms with E-state index in [1.54, 1.807) is 50.6 Å². The van der Waals surface area contributed by atoms with Crippen molar-refractivity contribution in [2.45, 2.75) is 13.5 Å². The lowest BCUT2D eigenvalue weighted by molar-refractivity contribution is 0.101. The van der Waals surface area contributed by atoms with Crippen molar-refractivity contribution < 1.29 is 23.7 Å². The van der Waals surface area contributed by atoms with Gasteiger partial charge in [-0.15, -0.1) is 0 Å². The van der Waals surface area contributed by atoms with E-state index in [0.717, 1.165) is 11.1 Å². The van der Waals surface area contributed by atoms with Crippen molar-refractivity contribution in [3.8, 4) is 23.0 Å². The molecule has 6 heteroatoms. The summed E-state index contributed by atoms with van der Waals surface area (Å²) in [6, 6.07) is 16.4. The zero-order chi connectivity index (χ0) is 22.0. The van der Waals surface area contributed by atoms with Crippen molar-refractivity contribution in [1.29, 1.82) is 0 Å². The van der Waals surface area contributed by atoms with E-state index in [1.165, 1.54) is 0 Å². The van der Waals surface area contributed by atoms with Gasteiger partial charge in [0.1, 0.15) is 29.6 Å². The number of carbonyl (C=O) groups is 1. The van der Waals surface area contributed by atoms with E-state index in [1.807, 2.05) is 31.2 Å². The highest BCUT2D eigenvalue weighted by Crippen LogP contribution is 2.40. The van der Waals surface area contributed by atoms with Gasteiger partial charge in [-0.05, 0) is 49.4 Å². The maximum Gasteiger partial charge on any atom is 0.231 e. The van der Waals surface area contributed by atoms with E-state index in [2.05, 4.69) is 0 Å². The van der Waals surface area contributed by atoms with Gasteiger partial charge in [0.05, 0.1) is 19.8 Å². The summed E-state index contributed by atoms with van der Waals surface area (Å²) in [4.78, 5) is 12.9. The highest BCUT2D eigenvalue weighted by atomic mass is 35.5. The standard InChI is InChI=1S/C25H21ClO5/c1-15-21(30-14-16-6-4-5-7-20(16)26)11-9-19-24(27)23(31-25(15)19)13-17-12-18(28-2)8-10-22(17)29-3/h4-13H,14H2,1-3H3/b23-13-. The first kappa shape index (κ1) is 20.8. The van der Waals surface area contributed by atoms with E-state index in [-0.39, 0.29) is 11.5 Å². The van der Waals surface area contributed by atoms with Crippen LogP contribution in [0.25, 0.3) is 6.08 Å². The van der Waals surface area contributed by atoms with E-state index >= 15 is 0 Å². The highest BCUT2D eigenvalue weighted by molar-refractivity contribution is 6.31. The first-order valence-corrected chi connectivity index (χ1v) is 10.1. The first-order valence-electron chi connectivity index (χ1n) is 9.68. The number of carbonyl (C=O) groups excluding carboxylic acids is 1. The normalized spacial score (nSPS) is 13.7. The second-order valence-corrected chi connectivity index (χ2v) is 7.40. The van der Waals surface area contributed by atoms with Gasteiger partial charge in [0.15, 0.2) is 5.76 Å². The Kier molecular flexibility index (Phi) is 5.87. The fourth-order valence-corrected chi connectivity index (χ4v) is 3.58. The average molecular weight is 437 g/mol. The van der Waals surface area contributed by atoms with Crippen LogP contribution in [-0.4, -0.2) is 20.0 Å². The van der Waals surface area contributed by atoms with E-state index < -0.39 is 0 Å². The predicted octanol–water partition coefficient (Wildman–Crippen LogP) is 5.86. The Bertz CT molecular complexity index is 1180. The minimum Gasteiger partial charge on any atom is -0.497 e. The number of allylic oxidation sites excluding steroid dienone is 1. The number of hydrogen-bond donors (Lipinski definition) is 0. The lowest BCUT2D eigenvalue weighted by Gasteiger charge is -2.12. The minimum atomic E-state index is -0.194. The smallest absolute Gasteiger partial charge is 0.231 e. The van der Waals surface area contributed by atoms with Crippen molar-refractivity contribution in [1.82, 2.24) is 0 Å². The van der Waals surface area contributed by atoms with Crippen LogP contribution in [0, 0.1) is 6.92 Å². The summed E-state index contributed by atoms with van der Waals surface area (Å²) in [5.74, 6) is 2.41. The first-order chi connectivity index (χ1) is 15.0. The quantitative estimate of drug-likeness (QED) is 0.453. The van der Waals surface area contributed by atoms with Crippen LogP contribution in [0.5, 0.6) is 23.0 Å². The maximum absolute atomic E-state index is 12.9. The Hall–Kier alpha value is -3.44. The van der Waals surface area contributed by atoms with Crippen LogP contribution in [-0.2, 0) is 6.61 Å². The zero-order valence-corrected chi connectivity index (χ0v) is 18.2. The molecule has 4 rings (SSSR count). The lowest BCUT2D eigenvalue weighted by Crippen LogP contribution is -1.99. The molecule has 3 aromatic rings. The fourth-order valence-electron chi connectivity index (χ4n) is 3.39. The van der Waals surface area contributed by atoms with Crippen LogP contribution >= 0.6 is 11.6 Å². The minimum absolute atomic E-state index is 0.194. The van der Waals surface area contributed by atoms with Crippen molar-refractivity contribution in [2.24, 2.45) is 0 Å². The Morgan fingerprint density at radius 2 is 1.77 bits per heavy atom. The summed E-state index contributed by atoms with van der Waals surface area (Å²) >= 11 is 6.21. The molecule has 0 bridgehead atoms. The molecule has 5 nitrogen and oxygen atoms in total. The van der Waals surface area contributed by atoms with Crippen molar-refractivity contribution in [3.63, 3.8) is 0 Å². The van der Waals surface area contributed by atoms with Crippen LogP contribution in [0.4, 0.5) is 0 Å². The number of ether oxygens (including phenoxy) is 4. The summed E-state index contributed by atoms with van der Waals surface area (Å²) in [6.07, 6.45) is 1.66. The SMILES string of the molecule is COc1ccc(OC)c(/C=C2\Oc3c(ccc(OCc4ccccc4Cl)c3C)C2=O)c1. The molecule has 0 saturated carbocycles. The summed E-state index contributed by atoms with van der Waals surface area (Å²) in [6.45, 7) is 2.18. The number of rotatable bonds is 6. The zero-order valence-electron chi connectivity index (χ0n) is 17.4. The molecule has 158 valence electrons. The Morgan fingerprint density at radius 1 is 1.00 bits per heavy atom. The maximum atomic E-state index is 12.9. The molecule has 0 aliphatic carbocycles. The molecule has 0 fully saturated rings. The molecule has 3 aromatic carbocycles. The number of Topliss-reactive ketones (excluding diaryl/α,β-unsaturated/α-hetero) is 1. The van der Waals surface area contributed by atoms with Crippen LogP contribution in [0.2, 0.25) is 5.02 Å². The van der Waals surface area contributed by atoms with Crippen LogP contribution in [0.3, 0.4) is 0 Å². The molecule has 0 unspecified atom stereocenters. The third-order valence-electron chi connectivity index (χ3n) is 5.10. The summed E-state index contributed by atoms with van der Waals surface area (Å²) < 4.78 is 22.6. The molecule has 1 heterocycles. The number of ketones is 1. The molecule has 0 spiro atoms. The molecular weight excluding hydrogens is 416 g/mol. The second-order valence-electron chi connectivity index (χ2n) is 6.99. The van der Waals surface area contributed by atoms with Crippen LogP contribution in [0.15, 0.2) is 60.4 Å². The van der Waals surface area contributed by atoms with Crippen molar-refractivity contribution in [3.05, 3.63) is 87.6 Å². The van der Waals surface area contributed by atoms with E-state index in [0.29, 0.717) is 45.8 Å². The Morgan fingerprint density at radius 3 is 2.52 bits per heavy atom. The summed E-state index contributed by atoms with van der Waals surface area (Å²) in [7, 11) is 3.15. The van der Waals surface area contributed by atoms with Crippen LogP contribution < -0.4 is 18.9 Å². The van der Waals surface area contributed by atoms with Gasteiger partial charge in [0.25, 0.3) is 0 Å². The van der Waals surface area contributed by atoms with Gasteiger partial charge in [0.2, 0.25) is 5.78 Å². The molecule has 0 radical (unpaired) electrons. The predicted molar refractivity (Wildman–Crippen MR) is 119 cm³/mol. The molecule has 31 heavy (non-hydrogen) atoms. The number of benzene rings is 3. The van der Waals surface area contributed by atoms with E-state index in [9.17, 15) is 4.79 Å². The molecule has 1 aliphatic rings. The molecule has 0 N–H and O–H groups in total. The lowest BCUT2D eigenvalue weighted by atomic mass is 10.1. The van der Waals surface area contributed by atoms with Crippen molar-refractivity contribution in [2.75, 3.05) is 14.2 Å². The van der Waals surface area contributed by atoms with E-state index in [4.69, 9.17) is 30.5 Å². The molecular formula is C25H21ClO5. The Balaban J connectivity index is 1.61. The largest absolute Gasteiger partial charge is 0.497 e. The highest BCUT2D eigenvalue weighted by Gasteiger charge is 2.30. The Labute approximate surface area is 185 Å². The van der Waals surface area contributed by atoms with Crippen LogP contribution in [0.1, 0.15) is 27.0 Å². The van der Waals surface area contributed by atoms with Gasteiger partial charge in [-0.3, -0.25) is 4.79 Å². The number of fused-ring (bicyclic) bond motifs is 1. The monoisotopic (exact) mass is 436 g/mol. The summed E-state index contributed by atoms with van der Waals surface area (Å²) in [5.41, 5.74) is 2.81.